The van der Waals surface area contributed by atoms with Crippen LogP contribution in [0.1, 0.15) is 17.2 Å². The molecule has 18 heavy (non-hydrogen) atoms. The highest BCUT2D eigenvalue weighted by atomic mass is 32.2. The first-order valence-corrected chi connectivity index (χ1v) is 6.95. The van der Waals surface area contributed by atoms with Crippen molar-refractivity contribution in [2.45, 2.75) is 19.0 Å². The lowest BCUT2D eigenvalue weighted by atomic mass is 10.0. The van der Waals surface area contributed by atoms with Crippen LogP contribution in [0.3, 0.4) is 0 Å². The quantitative estimate of drug-likeness (QED) is 0.834. The van der Waals surface area contributed by atoms with Crippen molar-refractivity contribution >= 4 is 17.7 Å². The SMILES string of the molecule is COC(=O)C1CSCC(c2ccc(C)c(F)c2)N1. The average molecular weight is 269 g/mol. The number of carbonyl (C=O) groups excluding carboxylic acids is 1. The molecule has 98 valence electrons. The molecule has 1 aliphatic rings. The molecule has 0 amide bonds. The maximum atomic E-state index is 13.5. The first kappa shape index (κ1) is 13.4. The van der Waals surface area contributed by atoms with Gasteiger partial charge in [-0.1, -0.05) is 12.1 Å². The van der Waals surface area contributed by atoms with Crippen LogP contribution in [0.15, 0.2) is 18.2 Å². The van der Waals surface area contributed by atoms with Crippen LogP contribution in [0.5, 0.6) is 0 Å². The average Bonchev–Trinajstić information content (AvgIpc) is 2.41. The van der Waals surface area contributed by atoms with Crippen molar-refractivity contribution in [2.24, 2.45) is 0 Å². The number of halogens is 1. The van der Waals surface area contributed by atoms with E-state index in [2.05, 4.69) is 5.32 Å². The maximum absolute atomic E-state index is 13.5. The fourth-order valence-corrected chi connectivity index (χ4v) is 3.07. The molecule has 1 aromatic carbocycles. The first-order chi connectivity index (χ1) is 8.61. The molecule has 0 radical (unpaired) electrons. The van der Waals surface area contributed by atoms with Crippen LogP contribution in [0.2, 0.25) is 0 Å². The Morgan fingerprint density at radius 3 is 2.94 bits per heavy atom. The maximum Gasteiger partial charge on any atom is 0.323 e. The number of aryl methyl sites for hydroxylation is 1. The van der Waals surface area contributed by atoms with Crippen molar-refractivity contribution < 1.29 is 13.9 Å². The molecule has 0 saturated carbocycles. The third-order valence-corrected chi connectivity index (χ3v) is 4.19. The van der Waals surface area contributed by atoms with Gasteiger partial charge in [-0.3, -0.25) is 10.1 Å². The number of rotatable bonds is 2. The van der Waals surface area contributed by atoms with Crippen LogP contribution in [0.4, 0.5) is 4.39 Å². The van der Waals surface area contributed by atoms with Gasteiger partial charge in [0.1, 0.15) is 11.9 Å². The Bertz CT molecular complexity index is 453. The lowest BCUT2D eigenvalue weighted by Crippen LogP contribution is -2.45. The second kappa shape index (κ2) is 5.71. The van der Waals surface area contributed by atoms with Gasteiger partial charge >= 0.3 is 5.97 Å². The lowest BCUT2D eigenvalue weighted by Gasteiger charge is -2.29. The molecular weight excluding hydrogens is 253 g/mol. The zero-order valence-electron chi connectivity index (χ0n) is 10.4. The summed E-state index contributed by atoms with van der Waals surface area (Å²) in [6.07, 6.45) is 0. The van der Waals surface area contributed by atoms with Gasteiger partial charge in [0, 0.05) is 17.5 Å². The number of ether oxygens (including phenoxy) is 1. The summed E-state index contributed by atoms with van der Waals surface area (Å²) in [5, 5.41) is 3.21. The predicted octanol–water partition coefficient (Wildman–Crippen LogP) is 2.05. The van der Waals surface area contributed by atoms with Crippen LogP contribution in [-0.4, -0.2) is 30.6 Å². The minimum Gasteiger partial charge on any atom is -0.468 e. The Morgan fingerprint density at radius 1 is 1.50 bits per heavy atom. The van der Waals surface area contributed by atoms with Gasteiger partial charge in [-0.05, 0) is 24.1 Å². The van der Waals surface area contributed by atoms with E-state index in [9.17, 15) is 9.18 Å². The Balaban J connectivity index is 2.13. The molecule has 2 rings (SSSR count). The minimum atomic E-state index is -0.317. The Labute approximate surface area is 110 Å². The highest BCUT2D eigenvalue weighted by molar-refractivity contribution is 7.99. The molecular formula is C13H16FNO2S. The molecule has 5 heteroatoms. The Kier molecular flexibility index (Phi) is 4.24. The number of carbonyl (C=O) groups is 1. The largest absolute Gasteiger partial charge is 0.468 e. The molecule has 0 aliphatic carbocycles. The number of methoxy groups -OCH3 is 1. The molecule has 1 fully saturated rings. The standard InChI is InChI=1S/C13H16FNO2S/c1-8-3-4-9(5-10(8)14)11-6-18-7-12(15-11)13(16)17-2/h3-5,11-12,15H,6-7H2,1-2H3. The zero-order valence-corrected chi connectivity index (χ0v) is 11.2. The first-order valence-electron chi connectivity index (χ1n) is 5.79. The van der Waals surface area contributed by atoms with Gasteiger partial charge in [0.25, 0.3) is 0 Å². The summed E-state index contributed by atoms with van der Waals surface area (Å²) >= 11 is 1.67. The summed E-state index contributed by atoms with van der Waals surface area (Å²) in [6.45, 7) is 1.74. The molecule has 1 N–H and O–H groups in total. The minimum absolute atomic E-state index is 0.0112. The summed E-state index contributed by atoms with van der Waals surface area (Å²) < 4.78 is 18.3. The Hall–Kier alpha value is -1.07. The van der Waals surface area contributed by atoms with Gasteiger partial charge in [-0.2, -0.15) is 11.8 Å². The van der Waals surface area contributed by atoms with Gasteiger partial charge in [0.05, 0.1) is 7.11 Å². The van der Waals surface area contributed by atoms with E-state index >= 15 is 0 Å². The van der Waals surface area contributed by atoms with E-state index in [4.69, 9.17) is 4.74 Å². The van der Waals surface area contributed by atoms with Crippen molar-refractivity contribution in [1.82, 2.24) is 5.32 Å². The summed E-state index contributed by atoms with van der Waals surface area (Å²) in [6, 6.07) is 4.87. The van der Waals surface area contributed by atoms with Gasteiger partial charge in [-0.25, -0.2) is 4.39 Å². The summed E-state index contributed by atoms with van der Waals surface area (Å²) in [4.78, 5) is 11.5. The fraction of sp³-hybridized carbons (Fsp3) is 0.462. The number of thioether (sulfide) groups is 1. The number of nitrogens with one attached hydrogen (secondary N) is 1. The second-order valence-corrected chi connectivity index (χ2v) is 5.42. The highest BCUT2D eigenvalue weighted by Gasteiger charge is 2.28. The third kappa shape index (κ3) is 2.84. The third-order valence-electron chi connectivity index (χ3n) is 3.06. The van der Waals surface area contributed by atoms with Crippen molar-refractivity contribution in [3.05, 3.63) is 35.1 Å². The monoisotopic (exact) mass is 269 g/mol. The topological polar surface area (TPSA) is 38.3 Å². The van der Waals surface area contributed by atoms with Crippen molar-refractivity contribution in [3.8, 4) is 0 Å². The molecule has 1 aliphatic heterocycles. The van der Waals surface area contributed by atoms with Crippen molar-refractivity contribution in [3.63, 3.8) is 0 Å². The molecule has 0 aromatic heterocycles. The number of hydrogen-bond acceptors (Lipinski definition) is 4. The number of esters is 1. The highest BCUT2D eigenvalue weighted by Crippen LogP contribution is 2.26. The van der Waals surface area contributed by atoms with Crippen LogP contribution in [-0.2, 0) is 9.53 Å². The second-order valence-electron chi connectivity index (χ2n) is 4.34. The number of hydrogen-bond donors (Lipinski definition) is 1. The van der Waals surface area contributed by atoms with E-state index in [0.717, 1.165) is 11.3 Å². The van der Waals surface area contributed by atoms with Gasteiger partial charge < -0.3 is 4.74 Å². The van der Waals surface area contributed by atoms with Crippen LogP contribution in [0.25, 0.3) is 0 Å². The molecule has 0 spiro atoms. The van der Waals surface area contributed by atoms with E-state index in [1.165, 1.54) is 13.2 Å². The van der Waals surface area contributed by atoms with Crippen LogP contribution < -0.4 is 5.32 Å². The van der Waals surface area contributed by atoms with E-state index in [1.807, 2.05) is 6.07 Å². The van der Waals surface area contributed by atoms with E-state index < -0.39 is 0 Å². The van der Waals surface area contributed by atoms with Gasteiger partial charge in [0.2, 0.25) is 0 Å². The molecule has 2 atom stereocenters. The lowest BCUT2D eigenvalue weighted by molar-refractivity contribution is -0.142. The van der Waals surface area contributed by atoms with Crippen molar-refractivity contribution in [1.29, 1.82) is 0 Å². The fourth-order valence-electron chi connectivity index (χ4n) is 1.94. The molecule has 1 saturated heterocycles. The van der Waals surface area contributed by atoms with E-state index in [1.54, 1.807) is 24.8 Å². The predicted molar refractivity (Wildman–Crippen MR) is 70.1 cm³/mol. The van der Waals surface area contributed by atoms with E-state index in [-0.39, 0.29) is 23.9 Å². The molecule has 3 nitrogen and oxygen atoms in total. The summed E-state index contributed by atoms with van der Waals surface area (Å²) in [5.74, 6) is 1.05. The smallest absolute Gasteiger partial charge is 0.323 e. The normalized spacial score (nSPS) is 23.7. The van der Waals surface area contributed by atoms with Gasteiger partial charge in [-0.15, -0.1) is 0 Å². The van der Waals surface area contributed by atoms with Crippen molar-refractivity contribution in [2.75, 3.05) is 18.6 Å². The summed E-state index contributed by atoms with van der Waals surface area (Å²) in [5.41, 5.74) is 1.51. The molecule has 1 heterocycles. The summed E-state index contributed by atoms with van der Waals surface area (Å²) in [7, 11) is 1.38. The molecule has 1 aromatic rings. The Morgan fingerprint density at radius 2 is 2.28 bits per heavy atom. The number of benzene rings is 1. The molecule has 0 bridgehead atoms. The van der Waals surface area contributed by atoms with Gasteiger partial charge in [0.15, 0.2) is 0 Å². The van der Waals surface area contributed by atoms with Crippen LogP contribution in [0, 0.1) is 12.7 Å². The zero-order chi connectivity index (χ0) is 13.1. The van der Waals surface area contributed by atoms with Crippen LogP contribution >= 0.6 is 11.8 Å². The molecule has 2 unspecified atom stereocenters. The van der Waals surface area contributed by atoms with E-state index in [0.29, 0.717) is 11.3 Å².